The zero-order chi connectivity index (χ0) is 16.1. The lowest BCUT2D eigenvalue weighted by molar-refractivity contribution is -0.115. The van der Waals surface area contributed by atoms with Gasteiger partial charge in [-0.1, -0.05) is 41.0 Å². The van der Waals surface area contributed by atoms with Gasteiger partial charge in [-0.3, -0.25) is 4.79 Å². The van der Waals surface area contributed by atoms with Crippen molar-refractivity contribution in [2.24, 2.45) is 0 Å². The summed E-state index contributed by atoms with van der Waals surface area (Å²) in [5.41, 5.74) is 0.470. The maximum atomic E-state index is 12.2. The number of benzene rings is 1. The molecular weight excluding hydrogens is 345 g/mol. The molecule has 0 aliphatic rings. The van der Waals surface area contributed by atoms with Crippen molar-refractivity contribution in [2.75, 3.05) is 5.32 Å². The number of tetrazole rings is 1. The fourth-order valence-electron chi connectivity index (χ4n) is 1.56. The molecule has 2 rings (SSSR count). The number of carbonyl (C=O) groups is 1. The molecule has 116 valence electrons. The topological polar surface area (TPSA) is 72.7 Å². The van der Waals surface area contributed by atoms with Crippen molar-refractivity contribution in [3.8, 4) is 0 Å². The zero-order valence-corrected chi connectivity index (χ0v) is 14.0. The van der Waals surface area contributed by atoms with E-state index >= 15 is 0 Å². The maximum Gasteiger partial charge on any atom is 0.237 e. The smallest absolute Gasteiger partial charge is 0.237 e. The zero-order valence-electron chi connectivity index (χ0n) is 11.7. The molecule has 9 heteroatoms. The molecule has 0 spiro atoms. The van der Waals surface area contributed by atoms with Crippen LogP contribution >= 0.6 is 35.0 Å². The first-order chi connectivity index (χ1) is 10.5. The van der Waals surface area contributed by atoms with Gasteiger partial charge in [0, 0.05) is 5.02 Å². The van der Waals surface area contributed by atoms with Crippen molar-refractivity contribution in [1.29, 1.82) is 0 Å². The second kappa shape index (κ2) is 7.62. The number of anilines is 1. The van der Waals surface area contributed by atoms with Crippen LogP contribution in [0.5, 0.6) is 0 Å². The van der Waals surface area contributed by atoms with E-state index in [1.165, 1.54) is 11.8 Å². The first-order valence-electron chi connectivity index (χ1n) is 6.31. The molecule has 1 atom stereocenters. The third-order valence-corrected chi connectivity index (χ3v) is 4.27. The summed E-state index contributed by atoms with van der Waals surface area (Å²) in [6.07, 6.45) is 1.68. The van der Waals surface area contributed by atoms with E-state index in [0.717, 1.165) is 0 Å². The Balaban J connectivity index is 2.04. The third-order valence-electron chi connectivity index (χ3n) is 2.64. The molecule has 0 bridgehead atoms. The number of hydrogen-bond donors (Lipinski definition) is 1. The van der Waals surface area contributed by atoms with Gasteiger partial charge in [0.15, 0.2) is 0 Å². The van der Waals surface area contributed by atoms with Crippen LogP contribution in [-0.4, -0.2) is 31.4 Å². The molecule has 1 N–H and O–H groups in total. The Kier molecular flexibility index (Phi) is 5.82. The number of halogens is 2. The summed E-state index contributed by atoms with van der Waals surface area (Å²) >= 11 is 13.2. The molecule has 0 aliphatic heterocycles. The number of nitrogens with one attached hydrogen (secondary N) is 1. The second-order valence-corrected chi connectivity index (χ2v) is 6.46. The molecule has 1 aromatic carbocycles. The van der Waals surface area contributed by atoms with Crippen LogP contribution in [0, 0.1) is 0 Å². The predicted octanol–water partition coefficient (Wildman–Crippen LogP) is 3.29. The summed E-state index contributed by atoms with van der Waals surface area (Å²) in [5, 5.41) is 15.1. The van der Waals surface area contributed by atoms with E-state index in [1.807, 2.05) is 0 Å². The number of amides is 1. The molecule has 0 radical (unpaired) electrons. The largest absolute Gasteiger partial charge is 0.324 e. The maximum absolute atomic E-state index is 12.2. The van der Waals surface area contributed by atoms with Crippen molar-refractivity contribution in [1.82, 2.24) is 20.2 Å². The van der Waals surface area contributed by atoms with Crippen LogP contribution in [0.2, 0.25) is 10.0 Å². The van der Waals surface area contributed by atoms with Crippen LogP contribution < -0.4 is 5.32 Å². The Labute approximate surface area is 141 Å². The number of thioether (sulfide) groups is 1. The van der Waals surface area contributed by atoms with Crippen molar-refractivity contribution < 1.29 is 4.79 Å². The highest BCUT2D eigenvalue weighted by Gasteiger charge is 2.19. The average molecular weight is 358 g/mol. The van der Waals surface area contributed by atoms with Crippen LogP contribution in [0.1, 0.15) is 6.92 Å². The highest BCUT2D eigenvalue weighted by molar-refractivity contribution is 8.00. The van der Waals surface area contributed by atoms with E-state index in [-0.39, 0.29) is 5.91 Å². The van der Waals surface area contributed by atoms with Gasteiger partial charge >= 0.3 is 0 Å². The lowest BCUT2D eigenvalue weighted by Crippen LogP contribution is -2.23. The number of aromatic nitrogens is 4. The van der Waals surface area contributed by atoms with Crippen LogP contribution in [0.25, 0.3) is 0 Å². The molecule has 1 heterocycles. The van der Waals surface area contributed by atoms with Gasteiger partial charge < -0.3 is 5.32 Å². The number of hydrogen-bond acceptors (Lipinski definition) is 5. The summed E-state index contributed by atoms with van der Waals surface area (Å²) in [6, 6.07) is 4.88. The summed E-state index contributed by atoms with van der Waals surface area (Å²) in [6.45, 7) is 5.86. The Hall–Kier alpha value is -1.57. The van der Waals surface area contributed by atoms with Crippen molar-refractivity contribution in [2.45, 2.75) is 23.9 Å². The first kappa shape index (κ1) is 16.8. The second-order valence-electron chi connectivity index (χ2n) is 4.31. The minimum absolute atomic E-state index is 0.220. The quantitative estimate of drug-likeness (QED) is 0.634. The Morgan fingerprint density at radius 3 is 3.05 bits per heavy atom. The van der Waals surface area contributed by atoms with Gasteiger partial charge in [-0.15, -0.1) is 11.7 Å². The third kappa shape index (κ3) is 4.22. The molecule has 1 unspecified atom stereocenters. The monoisotopic (exact) mass is 357 g/mol. The van der Waals surface area contributed by atoms with E-state index in [9.17, 15) is 4.79 Å². The average Bonchev–Trinajstić information content (AvgIpc) is 2.90. The number of rotatable bonds is 6. The number of carbonyl (C=O) groups excluding carboxylic acids is 1. The fraction of sp³-hybridized carbons (Fsp3) is 0.231. The SMILES string of the molecule is C=CCn1nnnc1SC(C)C(=O)Nc1cc(Cl)ccc1Cl. The summed E-state index contributed by atoms with van der Waals surface area (Å²) < 4.78 is 1.56. The molecule has 0 saturated carbocycles. The Bertz CT molecular complexity index is 691. The highest BCUT2D eigenvalue weighted by atomic mass is 35.5. The van der Waals surface area contributed by atoms with Gasteiger partial charge in [-0.05, 0) is 35.5 Å². The molecule has 0 fully saturated rings. The van der Waals surface area contributed by atoms with Crippen LogP contribution in [0.4, 0.5) is 5.69 Å². The first-order valence-corrected chi connectivity index (χ1v) is 7.94. The number of allylic oxidation sites excluding steroid dienone is 1. The van der Waals surface area contributed by atoms with E-state index in [1.54, 1.807) is 35.9 Å². The van der Waals surface area contributed by atoms with Gasteiger partial charge in [0.05, 0.1) is 22.5 Å². The van der Waals surface area contributed by atoms with E-state index < -0.39 is 5.25 Å². The van der Waals surface area contributed by atoms with Gasteiger partial charge in [-0.2, -0.15) is 0 Å². The van der Waals surface area contributed by atoms with E-state index in [0.29, 0.717) is 27.4 Å². The van der Waals surface area contributed by atoms with Crippen LogP contribution in [-0.2, 0) is 11.3 Å². The molecule has 1 amide bonds. The summed E-state index contributed by atoms with van der Waals surface area (Å²) in [7, 11) is 0. The highest BCUT2D eigenvalue weighted by Crippen LogP contribution is 2.27. The molecule has 2 aromatic rings. The van der Waals surface area contributed by atoms with Crippen LogP contribution in [0.15, 0.2) is 36.0 Å². The Morgan fingerprint density at radius 2 is 2.32 bits per heavy atom. The van der Waals surface area contributed by atoms with Crippen molar-refractivity contribution in [3.63, 3.8) is 0 Å². The lowest BCUT2D eigenvalue weighted by Gasteiger charge is -2.12. The van der Waals surface area contributed by atoms with E-state index in [4.69, 9.17) is 23.2 Å². The van der Waals surface area contributed by atoms with Crippen molar-refractivity contribution >= 4 is 46.6 Å². The molecule has 1 aromatic heterocycles. The lowest BCUT2D eigenvalue weighted by atomic mass is 10.3. The summed E-state index contributed by atoms with van der Waals surface area (Å²) in [5.74, 6) is -0.220. The number of nitrogens with zero attached hydrogens (tertiary/aromatic N) is 4. The molecule has 0 saturated heterocycles. The van der Waals surface area contributed by atoms with Gasteiger partial charge in [0.2, 0.25) is 11.1 Å². The fourth-order valence-corrected chi connectivity index (χ4v) is 2.69. The minimum Gasteiger partial charge on any atom is -0.324 e. The minimum atomic E-state index is -0.412. The molecular formula is C13H13Cl2N5OS. The van der Waals surface area contributed by atoms with Gasteiger partial charge in [0.25, 0.3) is 0 Å². The molecule has 0 aliphatic carbocycles. The molecule has 22 heavy (non-hydrogen) atoms. The van der Waals surface area contributed by atoms with Gasteiger partial charge in [-0.25, -0.2) is 4.68 Å². The Morgan fingerprint density at radius 1 is 1.55 bits per heavy atom. The van der Waals surface area contributed by atoms with E-state index in [2.05, 4.69) is 27.4 Å². The normalized spacial score (nSPS) is 12.0. The van der Waals surface area contributed by atoms with Crippen molar-refractivity contribution in [3.05, 3.63) is 40.9 Å². The summed E-state index contributed by atoms with van der Waals surface area (Å²) in [4.78, 5) is 12.2. The predicted molar refractivity (Wildman–Crippen MR) is 88.4 cm³/mol. The van der Waals surface area contributed by atoms with Crippen LogP contribution in [0.3, 0.4) is 0 Å². The van der Waals surface area contributed by atoms with Gasteiger partial charge in [0.1, 0.15) is 0 Å². The standard InChI is InChI=1S/C13H13Cl2N5OS/c1-3-6-20-13(17-18-19-20)22-8(2)12(21)16-11-7-9(14)4-5-10(11)15/h3-5,7-8H,1,6H2,2H3,(H,16,21). The molecule has 6 nitrogen and oxygen atoms in total.